The number of amides is 1. The highest BCUT2D eigenvalue weighted by molar-refractivity contribution is 5.67. The normalized spacial score (nSPS) is 15.3. The van der Waals surface area contributed by atoms with Crippen molar-refractivity contribution in [2.75, 3.05) is 13.1 Å². The average molecular weight is 418 g/mol. The van der Waals surface area contributed by atoms with Crippen molar-refractivity contribution >= 4 is 6.09 Å². The topological polar surface area (TPSA) is 59.0 Å². The zero-order valence-corrected chi connectivity index (χ0v) is 17.4. The Bertz CT molecular complexity index is 983. The summed E-state index contributed by atoms with van der Waals surface area (Å²) < 4.78 is 11.5. The van der Waals surface area contributed by atoms with Crippen molar-refractivity contribution < 1.29 is 19.4 Å². The first-order valence-electron chi connectivity index (χ1n) is 10.6. The summed E-state index contributed by atoms with van der Waals surface area (Å²) in [6.07, 6.45) is 0.512. The minimum absolute atomic E-state index is 0.247. The fourth-order valence-electron chi connectivity index (χ4n) is 3.85. The molecule has 0 saturated carbocycles. The van der Waals surface area contributed by atoms with Gasteiger partial charge in [-0.3, -0.25) is 0 Å². The van der Waals surface area contributed by atoms with E-state index in [1.165, 1.54) is 0 Å². The maximum Gasteiger partial charge on any atom is 0.410 e. The Hall–Kier alpha value is -3.31. The smallest absolute Gasteiger partial charge is 0.410 e. The van der Waals surface area contributed by atoms with E-state index in [1.54, 1.807) is 4.90 Å². The van der Waals surface area contributed by atoms with Gasteiger partial charge in [-0.15, -0.1) is 0 Å². The fraction of sp³-hybridized carbons (Fsp3) is 0.269. The van der Waals surface area contributed by atoms with Crippen LogP contribution in [0.1, 0.15) is 29.5 Å². The number of hydrogen-bond acceptors (Lipinski definition) is 4. The third-order valence-electron chi connectivity index (χ3n) is 5.68. The molecule has 0 aliphatic carbocycles. The summed E-state index contributed by atoms with van der Waals surface area (Å²) in [6.45, 7) is 1.54. The fourth-order valence-corrected chi connectivity index (χ4v) is 3.85. The first-order valence-corrected chi connectivity index (χ1v) is 10.6. The molecule has 0 radical (unpaired) electrons. The molecule has 1 aliphatic rings. The summed E-state index contributed by atoms with van der Waals surface area (Å²) in [6, 6.07) is 27.2. The SMILES string of the molecule is O=C(OCc1ccccc1)N1CCC(O)(c2ccccc2OCc2ccccc2)CC1. The lowest BCUT2D eigenvalue weighted by Gasteiger charge is -2.38. The van der Waals surface area contributed by atoms with Crippen molar-refractivity contribution in [1.29, 1.82) is 0 Å². The molecule has 1 aliphatic heterocycles. The Labute approximate surface area is 182 Å². The van der Waals surface area contributed by atoms with Crippen molar-refractivity contribution in [1.82, 2.24) is 4.90 Å². The van der Waals surface area contributed by atoms with Gasteiger partial charge in [0.15, 0.2) is 0 Å². The largest absolute Gasteiger partial charge is 0.489 e. The Morgan fingerprint density at radius 3 is 2.00 bits per heavy atom. The monoisotopic (exact) mass is 417 g/mol. The van der Waals surface area contributed by atoms with Gasteiger partial charge in [-0.1, -0.05) is 78.9 Å². The minimum Gasteiger partial charge on any atom is -0.489 e. The number of carbonyl (C=O) groups excluding carboxylic acids is 1. The molecule has 1 heterocycles. The van der Waals surface area contributed by atoms with E-state index >= 15 is 0 Å². The highest BCUT2D eigenvalue weighted by Gasteiger charge is 2.37. The molecular formula is C26H27NO4. The quantitative estimate of drug-likeness (QED) is 0.621. The Morgan fingerprint density at radius 2 is 1.35 bits per heavy atom. The van der Waals surface area contributed by atoms with Crippen LogP contribution in [0.5, 0.6) is 5.75 Å². The molecule has 1 N–H and O–H groups in total. The van der Waals surface area contributed by atoms with Crippen molar-refractivity contribution in [2.45, 2.75) is 31.7 Å². The van der Waals surface area contributed by atoms with Crippen molar-refractivity contribution in [2.24, 2.45) is 0 Å². The second-order valence-electron chi connectivity index (χ2n) is 7.83. The number of carbonyl (C=O) groups is 1. The molecule has 0 unspecified atom stereocenters. The second kappa shape index (κ2) is 9.67. The lowest BCUT2D eigenvalue weighted by Crippen LogP contribution is -2.45. The van der Waals surface area contributed by atoms with Crippen LogP contribution >= 0.6 is 0 Å². The first kappa shape index (κ1) is 20.9. The zero-order valence-electron chi connectivity index (χ0n) is 17.4. The molecule has 3 aromatic rings. The summed E-state index contributed by atoms with van der Waals surface area (Å²) in [5.74, 6) is 0.675. The van der Waals surface area contributed by atoms with Gasteiger partial charge in [-0.05, 0) is 30.0 Å². The number of ether oxygens (including phenoxy) is 2. The van der Waals surface area contributed by atoms with Crippen LogP contribution < -0.4 is 4.74 Å². The van der Waals surface area contributed by atoms with Crippen LogP contribution in [-0.2, 0) is 23.6 Å². The number of rotatable bonds is 6. The maximum absolute atomic E-state index is 12.4. The van der Waals surface area contributed by atoms with Gasteiger partial charge in [0.25, 0.3) is 0 Å². The van der Waals surface area contributed by atoms with Crippen molar-refractivity contribution in [3.8, 4) is 5.75 Å². The van der Waals surface area contributed by atoms with Gasteiger partial charge >= 0.3 is 6.09 Å². The van der Waals surface area contributed by atoms with Crippen LogP contribution in [0.4, 0.5) is 4.79 Å². The number of piperidine rings is 1. The van der Waals surface area contributed by atoms with E-state index in [0.717, 1.165) is 16.7 Å². The summed E-state index contributed by atoms with van der Waals surface area (Å²) in [4.78, 5) is 14.1. The van der Waals surface area contributed by atoms with Gasteiger partial charge in [-0.2, -0.15) is 0 Å². The molecule has 160 valence electrons. The highest BCUT2D eigenvalue weighted by atomic mass is 16.6. The molecule has 0 spiro atoms. The highest BCUT2D eigenvalue weighted by Crippen LogP contribution is 2.38. The molecule has 31 heavy (non-hydrogen) atoms. The van der Waals surface area contributed by atoms with Crippen LogP contribution in [0.15, 0.2) is 84.9 Å². The lowest BCUT2D eigenvalue weighted by atomic mass is 9.84. The molecule has 1 saturated heterocycles. The van der Waals surface area contributed by atoms with Crippen LogP contribution in [0.25, 0.3) is 0 Å². The van der Waals surface area contributed by atoms with E-state index < -0.39 is 5.60 Å². The van der Waals surface area contributed by atoms with Gasteiger partial charge in [-0.25, -0.2) is 4.79 Å². The predicted octanol–water partition coefficient (Wildman–Crippen LogP) is 4.89. The molecule has 0 bridgehead atoms. The summed E-state index contributed by atoms with van der Waals surface area (Å²) in [5, 5.41) is 11.4. The van der Waals surface area contributed by atoms with E-state index in [2.05, 4.69) is 0 Å². The number of likely N-dealkylation sites (tertiary alicyclic amines) is 1. The zero-order chi connectivity index (χ0) is 21.5. The Morgan fingerprint density at radius 1 is 0.806 bits per heavy atom. The average Bonchev–Trinajstić information content (AvgIpc) is 2.83. The number of aliphatic hydroxyl groups is 1. The van der Waals surface area contributed by atoms with Crippen LogP contribution in [0.3, 0.4) is 0 Å². The standard InChI is InChI=1S/C26H27NO4/c28-25(31-20-22-11-5-2-6-12-22)27-17-15-26(29,16-18-27)23-13-7-8-14-24(23)30-19-21-9-3-1-4-10-21/h1-14,29H,15-20H2. The lowest BCUT2D eigenvalue weighted by molar-refractivity contribution is -0.0273. The van der Waals surface area contributed by atoms with Crippen LogP contribution in [0, 0.1) is 0 Å². The molecule has 3 aromatic carbocycles. The van der Waals surface area contributed by atoms with Gasteiger partial charge in [0.2, 0.25) is 0 Å². The number of nitrogens with zero attached hydrogens (tertiary/aromatic N) is 1. The second-order valence-corrected chi connectivity index (χ2v) is 7.83. The molecule has 4 rings (SSSR count). The van der Waals surface area contributed by atoms with Crippen molar-refractivity contribution in [3.63, 3.8) is 0 Å². The molecule has 1 fully saturated rings. The van der Waals surface area contributed by atoms with E-state index in [4.69, 9.17) is 9.47 Å². The molecule has 0 atom stereocenters. The van der Waals surface area contributed by atoms with Gasteiger partial charge in [0.1, 0.15) is 19.0 Å². The number of benzene rings is 3. The van der Waals surface area contributed by atoms with Gasteiger partial charge in [0, 0.05) is 18.7 Å². The Kier molecular flexibility index (Phi) is 6.53. The molecule has 5 nitrogen and oxygen atoms in total. The van der Waals surface area contributed by atoms with Crippen LogP contribution in [0.2, 0.25) is 0 Å². The van der Waals surface area contributed by atoms with Crippen LogP contribution in [-0.4, -0.2) is 29.2 Å². The Balaban J connectivity index is 1.36. The number of hydrogen-bond donors (Lipinski definition) is 1. The number of para-hydroxylation sites is 1. The van der Waals surface area contributed by atoms with Gasteiger partial charge in [0.05, 0.1) is 5.60 Å². The van der Waals surface area contributed by atoms with E-state index in [9.17, 15) is 9.90 Å². The van der Waals surface area contributed by atoms with E-state index in [-0.39, 0.29) is 12.7 Å². The minimum atomic E-state index is -1.04. The van der Waals surface area contributed by atoms with Gasteiger partial charge < -0.3 is 19.5 Å². The van der Waals surface area contributed by atoms with Crippen molar-refractivity contribution in [3.05, 3.63) is 102 Å². The maximum atomic E-state index is 12.4. The third kappa shape index (κ3) is 5.25. The predicted molar refractivity (Wildman–Crippen MR) is 119 cm³/mol. The molecule has 0 aromatic heterocycles. The molecule has 1 amide bonds. The summed E-state index contributed by atoms with van der Waals surface area (Å²) in [7, 11) is 0. The summed E-state index contributed by atoms with van der Waals surface area (Å²) >= 11 is 0. The molecular weight excluding hydrogens is 390 g/mol. The van der Waals surface area contributed by atoms with E-state index in [0.29, 0.717) is 38.3 Å². The van der Waals surface area contributed by atoms with E-state index in [1.807, 2.05) is 84.9 Å². The molecule has 5 heteroatoms. The third-order valence-corrected chi connectivity index (χ3v) is 5.68. The first-order chi connectivity index (χ1) is 15.1. The summed E-state index contributed by atoms with van der Waals surface area (Å²) in [5.41, 5.74) is 1.75.